The second kappa shape index (κ2) is 67.7. The molecule has 8 heterocycles. The first kappa shape index (κ1) is 89.2. The van der Waals surface area contributed by atoms with Gasteiger partial charge in [-0.3, -0.25) is 29.9 Å². The zero-order chi connectivity index (χ0) is 63.9. The Hall–Kier alpha value is -7.36. The maximum atomic E-state index is 4.11. The molecule has 448 valence electrons. The first-order chi connectivity index (χ1) is 38.3. The summed E-state index contributed by atoms with van der Waals surface area (Å²) in [7, 11) is 0. The van der Waals surface area contributed by atoms with Crippen LogP contribution in [0.25, 0.3) is 0 Å². The summed E-state index contributed by atoms with van der Waals surface area (Å²) < 4.78 is 0. The number of hydrogen-bond acceptors (Lipinski definition) is 16. The molecule has 8 aromatic heterocycles. The Labute approximate surface area is 489 Å². The number of aryl methyl sites for hydroxylation is 16. The summed E-state index contributed by atoms with van der Waals surface area (Å²) in [4.78, 5) is 63.8. The first-order valence-electron chi connectivity index (χ1n) is 28.3. The summed E-state index contributed by atoms with van der Waals surface area (Å²) >= 11 is 0. The van der Waals surface area contributed by atoms with Gasteiger partial charge in [-0.15, -0.1) is 0 Å². The molecule has 0 N–H and O–H groups in total. The van der Waals surface area contributed by atoms with Crippen LogP contribution in [0.2, 0.25) is 0 Å². The molecule has 8 aromatic rings. The second-order valence-corrected chi connectivity index (χ2v) is 14.3. The molecule has 0 saturated heterocycles. The van der Waals surface area contributed by atoms with Gasteiger partial charge in [0.15, 0.2) is 0 Å². The van der Waals surface area contributed by atoms with Gasteiger partial charge in [-0.2, -0.15) is 0 Å². The van der Waals surface area contributed by atoms with Crippen molar-refractivity contribution in [3.63, 3.8) is 0 Å². The lowest BCUT2D eigenvalue weighted by molar-refractivity contribution is 1.01. The first-order valence-corrected chi connectivity index (χ1v) is 28.3. The minimum atomic E-state index is 0.829. The van der Waals surface area contributed by atoms with Crippen LogP contribution in [0.15, 0.2) is 98.9 Å². The lowest BCUT2D eigenvalue weighted by Gasteiger charge is -1.89. The van der Waals surface area contributed by atoms with Gasteiger partial charge in [-0.25, -0.2) is 49.8 Å². The second-order valence-electron chi connectivity index (χ2n) is 14.3. The molecule has 80 heavy (non-hydrogen) atoms. The van der Waals surface area contributed by atoms with Gasteiger partial charge in [-0.05, 0) is 140 Å². The molecular formula is C64H112N16. The summed E-state index contributed by atoms with van der Waals surface area (Å²) in [5.74, 6) is 3.33. The molecule has 0 aliphatic rings. The van der Waals surface area contributed by atoms with Gasteiger partial charge < -0.3 is 0 Å². The zero-order valence-corrected chi connectivity index (χ0v) is 56.4. The lowest BCUT2D eigenvalue weighted by atomic mass is 10.4. The van der Waals surface area contributed by atoms with Crippen LogP contribution in [0.5, 0.6) is 0 Å². The Bertz CT molecular complexity index is 1950. The van der Waals surface area contributed by atoms with Gasteiger partial charge in [0.2, 0.25) is 0 Å². The highest BCUT2D eigenvalue weighted by atomic mass is 14.9. The molecule has 0 aliphatic heterocycles. The Morgan fingerprint density at radius 2 is 0.475 bits per heavy atom. The van der Waals surface area contributed by atoms with E-state index in [1.165, 1.54) is 0 Å². The topological polar surface area (TPSA) is 206 Å². The highest BCUT2D eigenvalue weighted by molar-refractivity contribution is 5.04. The van der Waals surface area contributed by atoms with Crippen molar-refractivity contribution in [3.8, 4) is 0 Å². The largest absolute Gasteiger partial charge is 0.261 e. The van der Waals surface area contributed by atoms with E-state index in [1.807, 2.05) is 265 Å². The van der Waals surface area contributed by atoms with Crippen LogP contribution < -0.4 is 0 Å². The molecule has 0 radical (unpaired) electrons. The average molecular weight is 1110 g/mol. The van der Waals surface area contributed by atoms with E-state index in [0.717, 1.165) is 91.4 Å². The van der Waals surface area contributed by atoms with Gasteiger partial charge in [0, 0.05) is 97.1 Å². The molecular weight excluding hydrogens is 993 g/mol. The van der Waals surface area contributed by atoms with Crippen molar-refractivity contribution in [2.45, 2.75) is 222 Å². The van der Waals surface area contributed by atoms with Crippen LogP contribution in [0.4, 0.5) is 0 Å². The SMILES string of the molecule is CC.CC.CC.CC.CC.CC.CC.CC.Cc1cc(C)ncn1.Cc1ccnc(C)n1.Cc1ccnc(C)n1.Cc1cnc(C)cn1.Cc1cnc(C)cn1.Cc1cnc(C)nc1.Cc1cnc(C)nc1.Cc1cncc(C)n1. The Balaban J connectivity index is -0.000000119. The normalized spacial score (nSPS) is 8.00. The van der Waals surface area contributed by atoms with Crippen molar-refractivity contribution in [1.82, 2.24) is 79.7 Å². The molecule has 8 rings (SSSR count). The third kappa shape index (κ3) is 64.9. The van der Waals surface area contributed by atoms with Gasteiger partial charge in [0.05, 0.1) is 34.2 Å². The van der Waals surface area contributed by atoms with Crippen molar-refractivity contribution in [2.24, 2.45) is 0 Å². The van der Waals surface area contributed by atoms with E-state index in [4.69, 9.17) is 0 Å². The standard InChI is InChI=1S/8C6H8N2.8C2H6/c2*1-5-3-8-6(2)4-7-5;1-5-3-7-4-6(2)8-5;1-5-3-6(2)8-4-7-5;2*1-5-3-7-6(2)8-4-5;2*1-5-3-4-7-6(2)8-5;8*1-2/h8*3-4H,1-2H3;8*1-2H3. The Morgan fingerprint density at radius 3 is 0.625 bits per heavy atom. The van der Waals surface area contributed by atoms with Gasteiger partial charge in [0.25, 0.3) is 0 Å². The molecule has 0 spiro atoms. The quantitative estimate of drug-likeness (QED) is 0.138. The highest BCUT2D eigenvalue weighted by Gasteiger charge is 1.88. The van der Waals surface area contributed by atoms with E-state index in [9.17, 15) is 0 Å². The van der Waals surface area contributed by atoms with Crippen LogP contribution in [0.3, 0.4) is 0 Å². The fraction of sp³-hybridized carbons (Fsp3) is 0.500. The Morgan fingerprint density at radius 1 is 0.212 bits per heavy atom. The Kier molecular flexibility index (Phi) is 75.6. The van der Waals surface area contributed by atoms with Crippen molar-refractivity contribution < 1.29 is 0 Å². The summed E-state index contributed by atoms with van der Waals surface area (Å²) in [5, 5.41) is 0. The maximum Gasteiger partial charge on any atom is 0.125 e. The molecule has 0 unspecified atom stereocenters. The molecule has 0 atom stereocenters. The van der Waals surface area contributed by atoms with E-state index in [0.29, 0.717) is 0 Å². The summed E-state index contributed by atoms with van der Waals surface area (Å²) in [6.07, 6.45) is 22.9. The molecule has 0 aliphatic carbocycles. The molecule has 16 nitrogen and oxygen atoms in total. The smallest absolute Gasteiger partial charge is 0.125 e. The van der Waals surface area contributed by atoms with Crippen molar-refractivity contribution in [3.05, 3.63) is 190 Å². The van der Waals surface area contributed by atoms with E-state index >= 15 is 0 Å². The molecule has 0 aromatic carbocycles. The minimum Gasteiger partial charge on any atom is -0.261 e. The van der Waals surface area contributed by atoms with Gasteiger partial charge >= 0.3 is 0 Å². The van der Waals surface area contributed by atoms with E-state index in [2.05, 4.69) is 79.7 Å². The zero-order valence-electron chi connectivity index (χ0n) is 56.4. The third-order valence-corrected chi connectivity index (χ3v) is 7.29. The average Bonchev–Trinajstić information content (AvgIpc) is 3.47. The maximum absolute atomic E-state index is 4.11. The van der Waals surface area contributed by atoms with E-state index in [1.54, 1.807) is 55.9 Å². The number of hydrogen-bond donors (Lipinski definition) is 0. The van der Waals surface area contributed by atoms with Crippen molar-refractivity contribution in [1.29, 1.82) is 0 Å². The van der Waals surface area contributed by atoms with Crippen LogP contribution in [0, 0.1) is 111 Å². The van der Waals surface area contributed by atoms with Crippen LogP contribution in [-0.4, -0.2) is 79.7 Å². The van der Waals surface area contributed by atoms with Crippen molar-refractivity contribution in [2.75, 3.05) is 0 Å². The molecule has 0 amide bonds. The molecule has 0 bridgehead atoms. The van der Waals surface area contributed by atoms with Gasteiger partial charge in [0.1, 0.15) is 29.6 Å². The number of rotatable bonds is 0. The third-order valence-electron chi connectivity index (χ3n) is 7.29. The molecule has 0 saturated carbocycles. The summed E-state index contributed by atoms with van der Waals surface area (Å²) in [6, 6.07) is 5.71. The lowest BCUT2D eigenvalue weighted by Crippen LogP contribution is -1.86. The molecule has 0 fully saturated rings. The van der Waals surface area contributed by atoms with Crippen LogP contribution >= 0.6 is 0 Å². The fourth-order valence-electron chi connectivity index (χ4n) is 4.15. The highest BCUT2D eigenvalue weighted by Crippen LogP contribution is 1.94. The monoisotopic (exact) mass is 1100 g/mol. The molecule has 16 heteroatoms. The summed E-state index contributed by atoms with van der Waals surface area (Å²) in [5.41, 5.74) is 12.1. The van der Waals surface area contributed by atoms with Crippen molar-refractivity contribution >= 4 is 0 Å². The van der Waals surface area contributed by atoms with E-state index in [-0.39, 0.29) is 0 Å². The summed E-state index contributed by atoms with van der Waals surface area (Å²) in [6.45, 7) is 62.8. The van der Waals surface area contributed by atoms with Crippen LogP contribution in [0.1, 0.15) is 202 Å². The van der Waals surface area contributed by atoms with Crippen LogP contribution in [-0.2, 0) is 0 Å². The minimum absolute atomic E-state index is 0.829. The van der Waals surface area contributed by atoms with E-state index < -0.39 is 0 Å². The predicted molar refractivity (Wildman–Crippen MR) is 343 cm³/mol. The van der Waals surface area contributed by atoms with Gasteiger partial charge in [-0.1, -0.05) is 111 Å². The fourth-order valence-corrected chi connectivity index (χ4v) is 4.15. The number of nitrogens with zero attached hydrogens (tertiary/aromatic N) is 16. The number of aromatic nitrogens is 16. The predicted octanol–water partition coefficient (Wildman–Crippen LogP) is 17.0.